The highest BCUT2D eigenvalue weighted by Crippen LogP contribution is 2.38. The highest BCUT2D eigenvalue weighted by Gasteiger charge is 2.27. The fourth-order valence-electron chi connectivity index (χ4n) is 10.4. The molecule has 486 valence electrons. The second-order valence-corrected chi connectivity index (χ2v) is 26.8. The molecule has 0 aliphatic rings. The molecule has 9 nitrogen and oxygen atoms in total. The maximum atomic E-state index is 13.6. The second-order valence-electron chi connectivity index (χ2n) is 25.4. The van der Waals surface area contributed by atoms with Gasteiger partial charge in [-0.05, 0) is 96.0 Å². The summed E-state index contributed by atoms with van der Waals surface area (Å²) in [6, 6.07) is -0.891. The second kappa shape index (κ2) is 62.8. The highest BCUT2D eigenvalue weighted by atomic mass is 31.2. The van der Waals surface area contributed by atoms with Gasteiger partial charge in [0.05, 0.1) is 33.8 Å². The highest BCUT2D eigenvalue weighted by molar-refractivity contribution is 7.45. The molecule has 0 spiro atoms. The molecule has 0 fully saturated rings. The van der Waals surface area contributed by atoms with E-state index in [1.165, 1.54) is 225 Å². The van der Waals surface area contributed by atoms with Gasteiger partial charge in [-0.2, -0.15) is 0 Å². The molecular formula is C73H137N2O7P. The summed E-state index contributed by atoms with van der Waals surface area (Å²) in [5, 5.41) is 3.04. The number of rotatable bonds is 65. The summed E-state index contributed by atoms with van der Waals surface area (Å²) in [5.41, 5.74) is 0. The Hall–Kier alpha value is -2.29. The van der Waals surface area contributed by atoms with E-state index in [1.807, 2.05) is 33.3 Å². The number of allylic oxidation sites excluding steroid dienone is 9. The van der Waals surface area contributed by atoms with Crippen molar-refractivity contribution in [1.82, 2.24) is 5.32 Å². The van der Waals surface area contributed by atoms with Crippen LogP contribution in [-0.4, -0.2) is 69.4 Å². The van der Waals surface area contributed by atoms with E-state index in [1.54, 1.807) is 0 Å². The van der Waals surface area contributed by atoms with Crippen molar-refractivity contribution >= 4 is 19.7 Å². The first kappa shape index (κ1) is 80.7. The Kier molecular flexibility index (Phi) is 61.0. The van der Waals surface area contributed by atoms with E-state index in [4.69, 9.17) is 13.8 Å². The molecule has 1 N–H and O–H groups in total. The molecule has 0 aromatic carbocycles. The molecule has 0 saturated carbocycles. The summed E-state index contributed by atoms with van der Waals surface area (Å²) in [6.45, 7) is 6.85. The molecule has 83 heavy (non-hydrogen) atoms. The van der Waals surface area contributed by atoms with Crippen molar-refractivity contribution in [2.75, 3.05) is 40.9 Å². The Morgan fingerprint density at radius 3 is 1.13 bits per heavy atom. The van der Waals surface area contributed by atoms with Gasteiger partial charge < -0.3 is 28.5 Å². The van der Waals surface area contributed by atoms with Crippen molar-refractivity contribution in [1.29, 1.82) is 0 Å². The standard InChI is InChI=1S/C73H137N2O7P/c1-7-10-13-16-19-22-25-28-30-32-33-34-35-36-37-38-39-40-41-43-45-48-51-54-57-60-63-66-73(77)82-71(64-61-58-55-52-49-46-27-24-21-18-15-12-9-3)70(69-81-83(78,79)80-68-67-75(4,5)6)74-72(76)65-62-59-56-53-50-47-44-42-31-29-26-23-20-17-14-11-8-2/h19,22,28-31,33-34,61,64,70-71H,7-18,20-21,23-27,32,35-60,62-63,65-69H2,1-6H3,(H-,74,76,78,79)/b22-19-,30-28-,31-29+,34-33-,64-61-. The van der Waals surface area contributed by atoms with Crippen molar-refractivity contribution < 1.29 is 37.3 Å². The van der Waals surface area contributed by atoms with Crippen LogP contribution in [0.2, 0.25) is 0 Å². The topological polar surface area (TPSA) is 114 Å². The van der Waals surface area contributed by atoms with Gasteiger partial charge in [0, 0.05) is 12.8 Å². The molecule has 0 saturated heterocycles. The van der Waals surface area contributed by atoms with Crippen LogP contribution < -0.4 is 10.2 Å². The van der Waals surface area contributed by atoms with Gasteiger partial charge in [0.1, 0.15) is 19.3 Å². The number of nitrogens with zero attached hydrogens (tertiary/aromatic N) is 1. The van der Waals surface area contributed by atoms with E-state index in [2.05, 4.69) is 74.7 Å². The molecule has 3 atom stereocenters. The minimum atomic E-state index is -4.70. The van der Waals surface area contributed by atoms with Crippen LogP contribution in [0.25, 0.3) is 0 Å². The smallest absolute Gasteiger partial charge is 0.306 e. The number of likely N-dealkylation sites (N-methyl/N-ethyl adjacent to an activating group) is 1. The number of nitrogens with one attached hydrogen (secondary N) is 1. The number of phosphoric ester groups is 1. The zero-order valence-corrected chi connectivity index (χ0v) is 56.6. The summed E-state index contributed by atoms with van der Waals surface area (Å²) in [4.78, 5) is 40.2. The minimum absolute atomic E-state index is 0.0228. The van der Waals surface area contributed by atoms with E-state index in [0.717, 1.165) is 83.5 Å². The zero-order chi connectivity index (χ0) is 60.7. The SMILES string of the molecule is CCCCC/C=C\C/C=C\C/C=C\CCCCCCCCCCCCCCCCC(=O)OC(/C=C\CCCCCCCCCCCCC)C(COP(=O)([O-])OCC[N+](C)(C)C)NC(=O)CCCCCCCCC/C=C/CCCCCCCC. The monoisotopic (exact) mass is 1190 g/mol. The number of amides is 1. The molecule has 0 aliphatic heterocycles. The van der Waals surface area contributed by atoms with Crippen molar-refractivity contribution in [3.63, 3.8) is 0 Å². The lowest BCUT2D eigenvalue weighted by Gasteiger charge is -2.30. The number of carbonyl (C=O) groups is 2. The number of hydrogen-bond acceptors (Lipinski definition) is 7. The molecule has 3 unspecified atom stereocenters. The van der Waals surface area contributed by atoms with E-state index >= 15 is 0 Å². The Morgan fingerprint density at radius 2 is 0.735 bits per heavy atom. The summed E-state index contributed by atoms with van der Waals surface area (Å²) in [7, 11) is 1.19. The largest absolute Gasteiger partial charge is 0.756 e. The maximum Gasteiger partial charge on any atom is 0.306 e. The third-order valence-electron chi connectivity index (χ3n) is 15.9. The predicted octanol–water partition coefficient (Wildman–Crippen LogP) is 21.9. The predicted molar refractivity (Wildman–Crippen MR) is 358 cm³/mol. The lowest BCUT2D eigenvalue weighted by Crippen LogP contribution is -2.47. The van der Waals surface area contributed by atoms with E-state index in [-0.39, 0.29) is 31.5 Å². The number of carbonyl (C=O) groups excluding carboxylic acids is 2. The Balaban J connectivity index is 5.05. The fourth-order valence-corrected chi connectivity index (χ4v) is 11.1. The third-order valence-corrected chi connectivity index (χ3v) is 16.9. The van der Waals surface area contributed by atoms with Crippen molar-refractivity contribution in [2.45, 2.75) is 354 Å². The average Bonchev–Trinajstić information content (AvgIpc) is 3.47. The van der Waals surface area contributed by atoms with Crippen LogP contribution in [-0.2, 0) is 27.9 Å². The molecule has 0 aromatic rings. The lowest BCUT2D eigenvalue weighted by molar-refractivity contribution is -0.870. The van der Waals surface area contributed by atoms with Crippen LogP contribution in [0.3, 0.4) is 0 Å². The maximum absolute atomic E-state index is 13.6. The molecule has 0 bridgehead atoms. The molecule has 10 heteroatoms. The molecular weight excluding hydrogens is 1050 g/mol. The molecule has 0 heterocycles. The fraction of sp³-hybridized carbons (Fsp3) is 0.836. The van der Waals surface area contributed by atoms with Gasteiger partial charge in [0.25, 0.3) is 7.82 Å². The molecule has 0 aliphatic carbocycles. The first-order valence-electron chi connectivity index (χ1n) is 35.6. The van der Waals surface area contributed by atoms with Crippen molar-refractivity contribution in [3.8, 4) is 0 Å². The van der Waals surface area contributed by atoms with E-state index in [0.29, 0.717) is 17.4 Å². The minimum Gasteiger partial charge on any atom is -0.756 e. The van der Waals surface area contributed by atoms with Gasteiger partial charge in [0.15, 0.2) is 0 Å². The normalized spacial score (nSPS) is 13.9. The summed E-state index contributed by atoms with van der Waals surface area (Å²) in [6.07, 6.45) is 80.5. The van der Waals surface area contributed by atoms with Gasteiger partial charge in [-0.3, -0.25) is 14.2 Å². The summed E-state index contributed by atoms with van der Waals surface area (Å²) in [5.74, 6) is -0.534. The third kappa shape index (κ3) is 64.0. The van der Waals surface area contributed by atoms with Gasteiger partial charge >= 0.3 is 5.97 Å². The van der Waals surface area contributed by atoms with Crippen LogP contribution in [0.4, 0.5) is 0 Å². The van der Waals surface area contributed by atoms with Gasteiger partial charge in [-0.25, -0.2) is 0 Å². The van der Waals surface area contributed by atoms with Crippen molar-refractivity contribution in [2.24, 2.45) is 0 Å². The first-order valence-corrected chi connectivity index (χ1v) is 37.1. The van der Waals surface area contributed by atoms with Gasteiger partial charge in [-0.15, -0.1) is 0 Å². The number of hydrogen-bond donors (Lipinski definition) is 1. The van der Waals surface area contributed by atoms with Crippen LogP contribution in [0.1, 0.15) is 342 Å². The van der Waals surface area contributed by atoms with Crippen LogP contribution in [0.15, 0.2) is 60.8 Å². The molecule has 0 aromatic heterocycles. The Morgan fingerprint density at radius 1 is 0.422 bits per heavy atom. The van der Waals surface area contributed by atoms with E-state index in [9.17, 15) is 19.0 Å². The van der Waals surface area contributed by atoms with Gasteiger partial charge in [0.2, 0.25) is 5.91 Å². The zero-order valence-electron chi connectivity index (χ0n) is 55.7. The average molecular weight is 1190 g/mol. The lowest BCUT2D eigenvalue weighted by atomic mass is 10.0. The summed E-state index contributed by atoms with van der Waals surface area (Å²) >= 11 is 0. The van der Waals surface area contributed by atoms with Gasteiger partial charge in [-0.1, -0.05) is 294 Å². The van der Waals surface area contributed by atoms with E-state index < -0.39 is 20.0 Å². The van der Waals surface area contributed by atoms with Crippen molar-refractivity contribution in [3.05, 3.63) is 60.8 Å². The number of unbranched alkanes of at least 4 members (excludes halogenated alkanes) is 41. The number of esters is 1. The van der Waals surface area contributed by atoms with Crippen LogP contribution in [0, 0.1) is 0 Å². The van der Waals surface area contributed by atoms with Crippen LogP contribution >= 0.6 is 7.82 Å². The first-order chi connectivity index (χ1) is 40.4. The summed E-state index contributed by atoms with van der Waals surface area (Å²) < 4.78 is 30.4. The quantitative estimate of drug-likeness (QED) is 0.0212. The number of ether oxygens (including phenoxy) is 1. The molecule has 0 rings (SSSR count). The number of quaternary nitrogens is 1. The Bertz CT molecular complexity index is 1600. The van der Waals surface area contributed by atoms with Crippen LogP contribution in [0.5, 0.6) is 0 Å². The Labute approximate surface area is 515 Å². The molecule has 0 radical (unpaired) electrons. The number of phosphoric acid groups is 1. The molecule has 1 amide bonds.